The number of carbonyl (C=O) groups excluding carboxylic acids is 1. The highest BCUT2D eigenvalue weighted by atomic mass is 35.5. The Hall–Kier alpha value is -3.39. The minimum Gasteiger partial charge on any atom is -0.372 e. The third kappa shape index (κ3) is 3.98. The van der Waals surface area contributed by atoms with Gasteiger partial charge in [0.2, 0.25) is 5.91 Å². The Morgan fingerprint density at radius 3 is 2.65 bits per heavy atom. The quantitative estimate of drug-likeness (QED) is 0.498. The number of fused-ring (bicyclic) bond motifs is 3. The summed E-state index contributed by atoms with van der Waals surface area (Å²) in [4.78, 5) is 31.8. The molecule has 0 aliphatic heterocycles. The van der Waals surface area contributed by atoms with Crippen molar-refractivity contribution in [1.82, 2.24) is 19.2 Å². The summed E-state index contributed by atoms with van der Waals surface area (Å²) in [6.45, 7) is 7.78. The van der Waals surface area contributed by atoms with Gasteiger partial charge in [-0.3, -0.25) is 4.79 Å². The smallest absolute Gasteiger partial charge is 0.352 e. The van der Waals surface area contributed by atoms with Crippen LogP contribution >= 0.6 is 11.6 Å². The number of aromatic nitrogens is 4. The summed E-state index contributed by atoms with van der Waals surface area (Å²) in [6, 6.07) is 11.1. The average molecular weight is 439 g/mol. The maximum atomic E-state index is 12.7. The molecular formula is C22H23ClN6O2. The highest BCUT2D eigenvalue weighted by Crippen LogP contribution is 2.23. The summed E-state index contributed by atoms with van der Waals surface area (Å²) in [5, 5.41) is 8.46. The summed E-state index contributed by atoms with van der Waals surface area (Å²) in [7, 11) is 0. The lowest BCUT2D eigenvalue weighted by Gasteiger charge is -2.22. The van der Waals surface area contributed by atoms with Crippen molar-refractivity contribution in [1.29, 1.82) is 0 Å². The van der Waals surface area contributed by atoms with Crippen molar-refractivity contribution in [2.75, 3.05) is 23.3 Å². The van der Waals surface area contributed by atoms with E-state index in [1.54, 1.807) is 18.2 Å². The standard InChI is InChI=1S/C22H23ClN6O2/c1-4-27(5-2)16-7-9-18(14(3)10-16)25-20(30)12-29-22(31)28-13-24-19-11-15(23)6-8-17(19)21(28)26-29/h6-11,13H,4-5,12H2,1-3H3,(H,25,30). The van der Waals surface area contributed by atoms with E-state index in [-0.39, 0.29) is 12.5 Å². The molecule has 0 aliphatic carbocycles. The fourth-order valence-electron chi connectivity index (χ4n) is 3.63. The molecule has 1 amide bonds. The van der Waals surface area contributed by atoms with E-state index in [0.717, 1.165) is 29.0 Å². The first-order valence-corrected chi connectivity index (χ1v) is 10.5. The van der Waals surface area contributed by atoms with E-state index in [2.05, 4.69) is 34.1 Å². The number of carbonyl (C=O) groups is 1. The number of amides is 1. The zero-order chi connectivity index (χ0) is 22.1. The normalized spacial score (nSPS) is 11.2. The fourth-order valence-corrected chi connectivity index (χ4v) is 3.80. The summed E-state index contributed by atoms with van der Waals surface area (Å²) in [6.07, 6.45) is 1.40. The molecule has 2 aromatic carbocycles. The van der Waals surface area contributed by atoms with Gasteiger partial charge in [-0.15, -0.1) is 5.10 Å². The molecule has 0 radical (unpaired) electrons. The van der Waals surface area contributed by atoms with E-state index in [1.807, 2.05) is 25.1 Å². The van der Waals surface area contributed by atoms with Crippen LogP contribution in [0.5, 0.6) is 0 Å². The Balaban J connectivity index is 1.58. The van der Waals surface area contributed by atoms with E-state index < -0.39 is 5.69 Å². The van der Waals surface area contributed by atoms with Gasteiger partial charge in [0.25, 0.3) is 0 Å². The van der Waals surface area contributed by atoms with Crippen LogP contribution in [0.15, 0.2) is 47.5 Å². The molecule has 160 valence electrons. The minimum absolute atomic E-state index is 0.202. The number of halogens is 1. The van der Waals surface area contributed by atoms with E-state index >= 15 is 0 Å². The van der Waals surface area contributed by atoms with Gasteiger partial charge in [0, 0.05) is 34.9 Å². The zero-order valence-electron chi connectivity index (χ0n) is 17.6. The second-order valence-corrected chi connectivity index (χ2v) is 7.70. The van der Waals surface area contributed by atoms with Crippen molar-refractivity contribution < 1.29 is 4.79 Å². The maximum Gasteiger partial charge on any atom is 0.352 e. The summed E-state index contributed by atoms with van der Waals surface area (Å²) < 4.78 is 2.47. The van der Waals surface area contributed by atoms with Gasteiger partial charge in [0.05, 0.1) is 5.52 Å². The number of nitrogens with zero attached hydrogens (tertiary/aromatic N) is 5. The lowest BCUT2D eigenvalue weighted by atomic mass is 10.1. The van der Waals surface area contributed by atoms with Gasteiger partial charge in [-0.1, -0.05) is 11.6 Å². The first kappa shape index (κ1) is 20.9. The molecule has 4 rings (SSSR count). The molecule has 0 atom stereocenters. The number of nitrogens with one attached hydrogen (secondary N) is 1. The van der Waals surface area contributed by atoms with Crippen molar-refractivity contribution in [3.05, 3.63) is 63.8 Å². The molecule has 1 N–H and O–H groups in total. The highest BCUT2D eigenvalue weighted by Gasteiger charge is 2.15. The van der Waals surface area contributed by atoms with Crippen LogP contribution in [0.2, 0.25) is 5.02 Å². The van der Waals surface area contributed by atoms with Crippen molar-refractivity contribution in [2.45, 2.75) is 27.3 Å². The SMILES string of the molecule is CCN(CC)c1ccc(NC(=O)Cn2nc3c4ccc(Cl)cc4ncn3c2=O)c(C)c1. The average Bonchev–Trinajstić information content (AvgIpc) is 3.06. The second kappa shape index (κ2) is 8.39. The molecule has 0 saturated heterocycles. The molecule has 0 bridgehead atoms. The molecule has 0 unspecified atom stereocenters. The van der Waals surface area contributed by atoms with Crippen molar-refractivity contribution in [3.8, 4) is 0 Å². The first-order chi connectivity index (χ1) is 14.9. The van der Waals surface area contributed by atoms with Crippen LogP contribution in [-0.4, -0.2) is 38.2 Å². The van der Waals surface area contributed by atoms with Gasteiger partial charge in [-0.2, -0.15) is 0 Å². The summed E-state index contributed by atoms with van der Waals surface area (Å²) >= 11 is 6.02. The lowest BCUT2D eigenvalue weighted by Crippen LogP contribution is -2.28. The molecule has 0 fully saturated rings. The molecule has 8 nitrogen and oxygen atoms in total. The number of hydrogen-bond acceptors (Lipinski definition) is 5. The van der Waals surface area contributed by atoms with Gasteiger partial charge in [0.15, 0.2) is 5.65 Å². The van der Waals surface area contributed by atoms with Crippen molar-refractivity contribution in [2.24, 2.45) is 0 Å². The largest absolute Gasteiger partial charge is 0.372 e. The first-order valence-electron chi connectivity index (χ1n) is 10.1. The van der Waals surface area contributed by atoms with Crippen molar-refractivity contribution in [3.63, 3.8) is 0 Å². The van der Waals surface area contributed by atoms with Crippen LogP contribution in [0.3, 0.4) is 0 Å². The zero-order valence-corrected chi connectivity index (χ0v) is 18.3. The number of benzene rings is 2. The van der Waals surface area contributed by atoms with E-state index in [1.165, 1.54) is 10.7 Å². The number of aryl methyl sites for hydroxylation is 1. The maximum absolute atomic E-state index is 12.7. The Kier molecular flexibility index (Phi) is 5.65. The predicted octanol–water partition coefficient (Wildman–Crippen LogP) is 3.49. The molecule has 31 heavy (non-hydrogen) atoms. The third-order valence-electron chi connectivity index (χ3n) is 5.29. The molecule has 9 heteroatoms. The molecular weight excluding hydrogens is 416 g/mol. The number of rotatable bonds is 6. The Morgan fingerprint density at radius 2 is 1.94 bits per heavy atom. The van der Waals surface area contributed by atoms with Crippen molar-refractivity contribution >= 4 is 45.4 Å². The Labute approximate surface area is 184 Å². The van der Waals surface area contributed by atoms with Crippen LogP contribution in [-0.2, 0) is 11.3 Å². The fraction of sp³-hybridized carbons (Fsp3) is 0.273. The second-order valence-electron chi connectivity index (χ2n) is 7.26. The summed E-state index contributed by atoms with van der Waals surface area (Å²) in [5.41, 5.74) is 3.40. The van der Waals surface area contributed by atoms with Crippen LogP contribution in [0.1, 0.15) is 19.4 Å². The van der Waals surface area contributed by atoms with Gasteiger partial charge < -0.3 is 10.2 Å². The van der Waals surface area contributed by atoms with Crippen LogP contribution in [0.25, 0.3) is 16.6 Å². The van der Waals surface area contributed by atoms with Gasteiger partial charge in [-0.05, 0) is 62.7 Å². The Morgan fingerprint density at radius 1 is 1.16 bits per heavy atom. The molecule has 2 heterocycles. The summed E-state index contributed by atoms with van der Waals surface area (Å²) in [5.74, 6) is -0.329. The Bertz CT molecular complexity index is 1340. The van der Waals surface area contributed by atoms with E-state index in [0.29, 0.717) is 27.3 Å². The monoisotopic (exact) mass is 438 g/mol. The minimum atomic E-state index is -0.428. The molecule has 4 aromatic rings. The van der Waals surface area contributed by atoms with E-state index in [9.17, 15) is 9.59 Å². The molecule has 0 spiro atoms. The van der Waals surface area contributed by atoms with Crippen LogP contribution in [0.4, 0.5) is 11.4 Å². The van der Waals surface area contributed by atoms with Gasteiger partial charge >= 0.3 is 5.69 Å². The topological polar surface area (TPSA) is 84.5 Å². The van der Waals surface area contributed by atoms with E-state index in [4.69, 9.17) is 11.6 Å². The lowest BCUT2D eigenvalue weighted by molar-refractivity contribution is -0.117. The van der Waals surface area contributed by atoms with Crippen LogP contribution in [0, 0.1) is 6.92 Å². The predicted molar refractivity (Wildman–Crippen MR) is 123 cm³/mol. The van der Waals surface area contributed by atoms with Gasteiger partial charge in [0.1, 0.15) is 12.9 Å². The highest BCUT2D eigenvalue weighted by molar-refractivity contribution is 6.31. The molecule has 0 aliphatic rings. The van der Waals surface area contributed by atoms with Gasteiger partial charge in [-0.25, -0.2) is 18.9 Å². The third-order valence-corrected chi connectivity index (χ3v) is 5.52. The molecule has 2 aromatic heterocycles. The number of anilines is 2. The molecule has 0 saturated carbocycles. The number of hydrogen-bond donors (Lipinski definition) is 1. The van der Waals surface area contributed by atoms with Crippen LogP contribution < -0.4 is 15.9 Å².